The number of aromatic nitrogens is 2. The van der Waals surface area contributed by atoms with Crippen LogP contribution >= 0.6 is 11.3 Å². The van der Waals surface area contributed by atoms with E-state index in [-0.39, 0.29) is 5.91 Å². The molecular formula is C17H23N3OS. The van der Waals surface area contributed by atoms with E-state index in [9.17, 15) is 4.79 Å². The Balaban J connectivity index is 1.81. The van der Waals surface area contributed by atoms with Gasteiger partial charge in [-0.1, -0.05) is 56.4 Å². The number of anilines is 1. The molecule has 0 unspecified atom stereocenters. The Morgan fingerprint density at radius 2 is 1.91 bits per heavy atom. The molecule has 0 spiro atoms. The third-order valence-electron chi connectivity index (χ3n) is 3.46. The van der Waals surface area contributed by atoms with E-state index in [2.05, 4.69) is 60.6 Å². The van der Waals surface area contributed by atoms with Gasteiger partial charge >= 0.3 is 0 Å². The fraction of sp³-hybridized carbons (Fsp3) is 0.471. The van der Waals surface area contributed by atoms with E-state index in [1.807, 2.05) is 0 Å². The molecule has 0 aliphatic heterocycles. The third kappa shape index (κ3) is 4.91. The molecule has 1 aromatic heterocycles. The summed E-state index contributed by atoms with van der Waals surface area (Å²) >= 11 is 1.46. The second kappa shape index (κ2) is 8.03. The molecule has 0 saturated carbocycles. The van der Waals surface area contributed by atoms with Crippen molar-refractivity contribution in [3.05, 3.63) is 40.4 Å². The number of amides is 1. The van der Waals surface area contributed by atoms with E-state index in [0.29, 0.717) is 17.5 Å². The standard InChI is InChI=1S/C17H23N3OS/c1-4-5-16-19-20-17(22-16)18-15(21)11-8-13-6-9-14(10-7-13)12(2)3/h6-7,9-10,12H,4-5,8,11H2,1-3H3,(H,18,20,21). The quantitative estimate of drug-likeness (QED) is 0.833. The molecule has 1 heterocycles. The van der Waals surface area contributed by atoms with Gasteiger partial charge in [0, 0.05) is 12.8 Å². The summed E-state index contributed by atoms with van der Waals surface area (Å²) in [5.74, 6) is 0.527. The molecule has 0 aliphatic rings. The molecule has 0 radical (unpaired) electrons. The van der Waals surface area contributed by atoms with Crippen molar-refractivity contribution in [2.75, 3.05) is 5.32 Å². The number of hydrogen-bond donors (Lipinski definition) is 1. The molecule has 5 heteroatoms. The minimum Gasteiger partial charge on any atom is -0.301 e. The van der Waals surface area contributed by atoms with Gasteiger partial charge in [-0.2, -0.15) is 0 Å². The van der Waals surface area contributed by atoms with Crippen molar-refractivity contribution in [3.63, 3.8) is 0 Å². The lowest BCUT2D eigenvalue weighted by atomic mass is 10.0. The Hall–Kier alpha value is -1.75. The van der Waals surface area contributed by atoms with Crippen LogP contribution < -0.4 is 5.32 Å². The van der Waals surface area contributed by atoms with Crippen LogP contribution in [0.5, 0.6) is 0 Å². The van der Waals surface area contributed by atoms with Crippen molar-refractivity contribution in [2.45, 2.75) is 52.4 Å². The molecule has 0 saturated heterocycles. The van der Waals surface area contributed by atoms with Crippen LogP contribution in [-0.4, -0.2) is 16.1 Å². The molecule has 0 atom stereocenters. The van der Waals surface area contributed by atoms with Crippen LogP contribution in [0.2, 0.25) is 0 Å². The summed E-state index contributed by atoms with van der Waals surface area (Å²) in [6, 6.07) is 8.49. The predicted molar refractivity (Wildman–Crippen MR) is 91.4 cm³/mol. The molecule has 0 bridgehead atoms. The van der Waals surface area contributed by atoms with E-state index in [1.165, 1.54) is 22.5 Å². The normalized spacial score (nSPS) is 10.9. The Bertz CT molecular complexity index is 605. The third-order valence-corrected chi connectivity index (χ3v) is 4.36. The summed E-state index contributed by atoms with van der Waals surface area (Å²) in [6.45, 7) is 6.46. The Kier molecular flexibility index (Phi) is 6.07. The number of nitrogens with zero attached hydrogens (tertiary/aromatic N) is 2. The van der Waals surface area contributed by atoms with E-state index in [1.54, 1.807) is 0 Å². The maximum Gasteiger partial charge on any atom is 0.226 e. The molecule has 2 rings (SSSR count). The molecule has 2 aromatic rings. The van der Waals surface area contributed by atoms with Crippen molar-refractivity contribution in [2.24, 2.45) is 0 Å². The van der Waals surface area contributed by atoms with Crippen LogP contribution in [0.3, 0.4) is 0 Å². The van der Waals surface area contributed by atoms with E-state index in [0.717, 1.165) is 24.3 Å². The minimum atomic E-state index is -0.00728. The zero-order valence-corrected chi connectivity index (χ0v) is 14.2. The summed E-state index contributed by atoms with van der Waals surface area (Å²) in [4.78, 5) is 12.0. The largest absolute Gasteiger partial charge is 0.301 e. The van der Waals surface area contributed by atoms with Gasteiger partial charge in [0.25, 0.3) is 0 Å². The average Bonchev–Trinajstić information content (AvgIpc) is 2.93. The second-order valence-corrected chi connectivity index (χ2v) is 6.76. The fourth-order valence-corrected chi connectivity index (χ4v) is 2.99. The number of carbonyl (C=O) groups excluding carboxylic acids is 1. The van der Waals surface area contributed by atoms with Crippen molar-refractivity contribution in [1.82, 2.24) is 10.2 Å². The average molecular weight is 317 g/mol. The van der Waals surface area contributed by atoms with Crippen LogP contribution in [0, 0.1) is 0 Å². The lowest BCUT2D eigenvalue weighted by Crippen LogP contribution is -2.12. The van der Waals surface area contributed by atoms with Gasteiger partial charge in [-0.05, 0) is 29.9 Å². The van der Waals surface area contributed by atoms with Gasteiger partial charge in [-0.3, -0.25) is 4.79 Å². The zero-order valence-electron chi connectivity index (χ0n) is 13.4. The molecule has 1 N–H and O–H groups in total. The highest BCUT2D eigenvalue weighted by atomic mass is 32.1. The number of carbonyl (C=O) groups is 1. The Labute approximate surface area is 136 Å². The monoisotopic (exact) mass is 317 g/mol. The van der Waals surface area contributed by atoms with Gasteiger partial charge in [0.15, 0.2) is 0 Å². The van der Waals surface area contributed by atoms with Gasteiger partial charge in [0.1, 0.15) is 5.01 Å². The number of benzene rings is 1. The van der Waals surface area contributed by atoms with Gasteiger partial charge in [0.2, 0.25) is 11.0 Å². The van der Waals surface area contributed by atoms with Gasteiger partial charge in [-0.15, -0.1) is 10.2 Å². The molecule has 0 fully saturated rings. The second-order valence-electron chi connectivity index (χ2n) is 5.70. The van der Waals surface area contributed by atoms with Crippen molar-refractivity contribution in [3.8, 4) is 0 Å². The molecule has 1 amide bonds. The van der Waals surface area contributed by atoms with Crippen LogP contribution in [0.15, 0.2) is 24.3 Å². The topological polar surface area (TPSA) is 54.9 Å². The first-order valence-corrected chi connectivity index (χ1v) is 8.61. The minimum absolute atomic E-state index is 0.00728. The first-order chi connectivity index (χ1) is 10.6. The maximum atomic E-state index is 12.0. The van der Waals surface area contributed by atoms with Crippen LogP contribution in [0.1, 0.15) is 55.7 Å². The fourth-order valence-electron chi connectivity index (χ4n) is 2.13. The van der Waals surface area contributed by atoms with Crippen LogP contribution in [-0.2, 0) is 17.6 Å². The number of nitrogens with one attached hydrogen (secondary N) is 1. The van der Waals surface area contributed by atoms with Crippen molar-refractivity contribution < 1.29 is 4.79 Å². The summed E-state index contributed by atoms with van der Waals surface area (Å²) < 4.78 is 0. The molecule has 1 aromatic carbocycles. The summed E-state index contributed by atoms with van der Waals surface area (Å²) in [7, 11) is 0. The Morgan fingerprint density at radius 1 is 1.18 bits per heavy atom. The predicted octanol–water partition coefficient (Wildman–Crippen LogP) is 4.19. The van der Waals surface area contributed by atoms with E-state index < -0.39 is 0 Å². The van der Waals surface area contributed by atoms with Crippen molar-refractivity contribution >= 4 is 22.4 Å². The zero-order chi connectivity index (χ0) is 15.9. The lowest BCUT2D eigenvalue weighted by Gasteiger charge is -2.06. The maximum absolute atomic E-state index is 12.0. The van der Waals surface area contributed by atoms with Gasteiger partial charge in [-0.25, -0.2) is 0 Å². The number of rotatable bonds is 7. The smallest absolute Gasteiger partial charge is 0.226 e. The molecule has 0 aliphatic carbocycles. The van der Waals surface area contributed by atoms with Crippen molar-refractivity contribution in [1.29, 1.82) is 0 Å². The molecule has 22 heavy (non-hydrogen) atoms. The van der Waals surface area contributed by atoms with Crippen LogP contribution in [0.25, 0.3) is 0 Å². The SMILES string of the molecule is CCCc1nnc(NC(=O)CCc2ccc(C(C)C)cc2)s1. The summed E-state index contributed by atoms with van der Waals surface area (Å²) in [5, 5.41) is 12.5. The molecule has 118 valence electrons. The number of aryl methyl sites for hydroxylation is 2. The highest BCUT2D eigenvalue weighted by molar-refractivity contribution is 7.15. The summed E-state index contributed by atoms with van der Waals surface area (Å²) in [6.07, 6.45) is 3.15. The summed E-state index contributed by atoms with van der Waals surface area (Å²) in [5.41, 5.74) is 2.51. The lowest BCUT2D eigenvalue weighted by molar-refractivity contribution is -0.116. The first-order valence-electron chi connectivity index (χ1n) is 7.79. The van der Waals surface area contributed by atoms with Crippen LogP contribution in [0.4, 0.5) is 5.13 Å². The first kappa shape index (κ1) is 16.6. The van der Waals surface area contributed by atoms with E-state index >= 15 is 0 Å². The highest BCUT2D eigenvalue weighted by Crippen LogP contribution is 2.18. The molecule has 4 nitrogen and oxygen atoms in total. The number of hydrogen-bond acceptors (Lipinski definition) is 4. The highest BCUT2D eigenvalue weighted by Gasteiger charge is 2.08. The molecular weight excluding hydrogens is 294 g/mol. The van der Waals surface area contributed by atoms with E-state index in [4.69, 9.17) is 0 Å². The van der Waals surface area contributed by atoms with Gasteiger partial charge < -0.3 is 5.32 Å². The van der Waals surface area contributed by atoms with Gasteiger partial charge in [0.05, 0.1) is 0 Å². The Morgan fingerprint density at radius 3 is 2.55 bits per heavy atom.